The number of aromatic nitrogens is 3. The van der Waals surface area contributed by atoms with E-state index in [1.165, 1.54) is 12.5 Å². The van der Waals surface area contributed by atoms with E-state index in [9.17, 15) is 13.6 Å². The van der Waals surface area contributed by atoms with E-state index in [0.29, 0.717) is 13.1 Å². The number of benzene rings is 1. The minimum atomic E-state index is -0.805. The molecule has 1 aliphatic heterocycles. The van der Waals surface area contributed by atoms with Crippen molar-refractivity contribution in [3.8, 4) is 0 Å². The van der Waals surface area contributed by atoms with Crippen LogP contribution in [0.15, 0.2) is 24.5 Å². The molecule has 1 amide bonds. The summed E-state index contributed by atoms with van der Waals surface area (Å²) in [7, 11) is 0. The van der Waals surface area contributed by atoms with Gasteiger partial charge in [0.25, 0.3) is 5.91 Å². The highest BCUT2D eigenvalue weighted by molar-refractivity contribution is 5.94. The number of rotatable bonds is 4. The van der Waals surface area contributed by atoms with Gasteiger partial charge in [-0.1, -0.05) is 26.2 Å². The van der Waals surface area contributed by atoms with E-state index in [-0.39, 0.29) is 22.8 Å². The highest BCUT2D eigenvalue weighted by Crippen LogP contribution is 2.51. The summed E-state index contributed by atoms with van der Waals surface area (Å²) in [4.78, 5) is 14.8. The Morgan fingerprint density at radius 1 is 1.25 bits per heavy atom. The molecule has 1 atom stereocenters. The average molecular weight is 388 g/mol. The predicted molar refractivity (Wildman–Crippen MR) is 101 cm³/mol. The van der Waals surface area contributed by atoms with E-state index in [1.54, 1.807) is 11.2 Å². The van der Waals surface area contributed by atoms with E-state index in [0.717, 1.165) is 56.6 Å². The molecule has 1 unspecified atom stereocenters. The molecule has 1 spiro atoms. The Bertz CT molecular complexity index is 860. The fourth-order valence-electron chi connectivity index (χ4n) is 5.02. The van der Waals surface area contributed by atoms with Gasteiger partial charge in [-0.05, 0) is 36.8 Å². The topological polar surface area (TPSA) is 51.0 Å². The lowest BCUT2D eigenvalue weighted by molar-refractivity contribution is 0.0753. The third-order valence-corrected chi connectivity index (χ3v) is 6.37. The third kappa shape index (κ3) is 3.31. The molecule has 1 aromatic heterocycles. The first-order valence-corrected chi connectivity index (χ1v) is 10.2. The summed E-state index contributed by atoms with van der Waals surface area (Å²) in [6.07, 6.45) is 8.28. The minimum Gasteiger partial charge on any atom is -0.337 e. The Morgan fingerprint density at radius 2 is 2.04 bits per heavy atom. The summed E-state index contributed by atoms with van der Waals surface area (Å²) in [6.45, 7) is 4.04. The van der Waals surface area contributed by atoms with Gasteiger partial charge in [-0.25, -0.2) is 8.78 Å². The van der Waals surface area contributed by atoms with Gasteiger partial charge in [-0.2, -0.15) is 0 Å². The lowest BCUT2D eigenvalue weighted by Gasteiger charge is -2.37. The molecule has 1 aliphatic carbocycles. The van der Waals surface area contributed by atoms with E-state index in [4.69, 9.17) is 0 Å². The first-order chi connectivity index (χ1) is 13.5. The number of aryl methyl sites for hydroxylation is 1. The molecule has 2 aromatic rings. The number of hydrogen-bond acceptors (Lipinski definition) is 3. The van der Waals surface area contributed by atoms with Crippen molar-refractivity contribution in [1.29, 1.82) is 0 Å². The number of hydrogen-bond donors (Lipinski definition) is 0. The summed E-state index contributed by atoms with van der Waals surface area (Å²) >= 11 is 0. The molecule has 0 bridgehead atoms. The van der Waals surface area contributed by atoms with Gasteiger partial charge in [0.1, 0.15) is 23.8 Å². The van der Waals surface area contributed by atoms with Crippen molar-refractivity contribution in [2.24, 2.45) is 5.41 Å². The lowest BCUT2D eigenvalue weighted by atomic mass is 9.67. The van der Waals surface area contributed by atoms with Crippen LogP contribution in [0.25, 0.3) is 0 Å². The molecule has 150 valence electrons. The molecular formula is C21H26F2N4O. The van der Waals surface area contributed by atoms with E-state index >= 15 is 0 Å². The molecule has 1 saturated carbocycles. The summed E-state index contributed by atoms with van der Waals surface area (Å²) < 4.78 is 29.6. The number of halogens is 2. The molecule has 2 heterocycles. The van der Waals surface area contributed by atoms with Gasteiger partial charge < -0.3 is 9.47 Å². The van der Waals surface area contributed by atoms with Gasteiger partial charge in [0.15, 0.2) is 0 Å². The van der Waals surface area contributed by atoms with Crippen molar-refractivity contribution in [3.63, 3.8) is 0 Å². The number of carbonyl (C=O) groups excluding carboxylic acids is 1. The number of nitrogens with zero attached hydrogens (tertiary/aromatic N) is 4. The van der Waals surface area contributed by atoms with E-state index < -0.39 is 11.6 Å². The van der Waals surface area contributed by atoms with Gasteiger partial charge in [-0.15, -0.1) is 10.2 Å². The van der Waals surface area contributed by atoms with Crippen molar-refractivity contribution >= 4 is 5.91 Å². The Kier molecular flexibility index (Phi) is 5.17. The van der Waals surface area contributed by atoms with E-state index in [2.05, 4.69) is 21.7 Å². The molecule has 0 radical (unpaired) electrons. The molecule has 0 N–H and O–H groups in total. The summed E-state index contributed by atoms with van der Waals surface area (Å²) in [5.41, 5.74) is -0.105. The predicted octanol–water partition coefficient (Wildman–Crippen LogP) is 4.16. The summed E-state index contributed by atoms with van der Waals surface area (Å²) in [6, 6.07) is 3.15. The van der Waals surface area contributed by atoms with Gasteiger partial charge in [0, 0.05) is 31.6 Å². The smallest absolute Gasteiger partial charge is 0.256 e. The van der Waals surface area contributed by atoms with Crippen LogP contribution in [0.4, 0.5) is 8.78 Å². The summed E-state index contributed by atoms with van der Waals surface area (Å²) in [5.74, 6) is -0.829. The second kappa shape index (κ2) is 7.60. The SMILES string of the molecule is CCCn1cnnc1C1CN(C(=O)c2ccc(F)cc2F)CC12CCCCC2. The maximum absolute atomic E-state index is 14.2. The van der Waals surface area contributed by atoms with Gasteiger partial charge in [0.05, 0.1) is 5.56 Å². The molecule has 2 aliphatic rings. The van der Waals surface area contributed by atoms with Crippen molar-refractivity contribution in [1.82, 2.24) is 19.7 Å². The van der Waals surface area contributed by atoms with Gasteiger partial charge >= 0.3 is 0 Å². The maximum atomic E-state index is 14.2. The molecule has 7 heteroatoms. The Hall–Kier alpha value is -2.31. The molecule has 1 saturated heterocycles. The fourth-order valence-corrected chi connectivity index (χ4v) is 5.02. The summed E-state index contributed by atoms with van der Waals surface area (Å²) in [5, 5.41) is 8.54. The Labute approximate surface area is 163 Å². The van der Waals surface area contributed by atoms with Crippen LogP contribution < -0.4 is 0 Å². The molecule has 28 heavy (non-hydrogen) atoms. The maximum Gasteiger partial charge on any atom is 0.256 e. The average Bonchev–Trinajstić information content (AvgIpc) is 3.27. The highest BCUT2D eigenvalue weighted by atomic mass is 19.1. The van der Waals surface area contributed by atoms with Crippen LogP contribution in [0.3, 0.4) is 0 Å². The first-order valence-electron chi connectivity index (χ1n) is 10.2. The van der Waals surface area contributed by atoms with Crippen LogP contribution in [0.1, 0.15) is 67.5 Å². The fraction of sp³-hybridized carbons (Fsp3) is 0.571. The van der Waals surface area contributed by atoms with Crippen molar-refractivity contribution in [3.05, 3.63) is 47.5 Å². The second-order valence-electron chi connectivity index (χ2n) is 8.17. The lowest BCUT2D eigenvalue weighted by Crippen LogP contribution is -2.35. The Morgan fingerprint density at radius 3 is 2.75 bits per heavy atom. The number of carbonyl (C=O) groups is 1. The standard InChI is InChI=1S/C21H26F2N4O/c1-2-10-26-14-24-25-19(26)17-12-27(13-21(17)8-4-3-5-9-21)20(28)16-7-6-15(22)11-18(16)23/h6-7,11,14,17H,2-5,8-10,12-13H2,1H3. The number of likely N-dealkylation sites (tertiary alicyclic amines) is 1. The van der Waals surface area contributed by atoms with Crippen molar-refractivity contribution in [2.75, 3.05) is 13.1 Å². The number of amides is 1. The molecule has 2 fully saturated rings. The monoisotopic (exact) mass is 388 g/mol. The zero-order chi connectivity index (χ0) is 19.7. The van der Waals surface area contributed by atoms with Crippen LogP contribution in [0, 0.1) is 17.0 Å². The third-order valence-electron chi connectivity index (χ3n) is 6.37. The zero-order valence-corrected chi connectivity index (χ0v) is 16.2. The quantitative estimate of drug-likeness (QED) is 0.790. The minimum absolute atomic E-state index is 0.0387. The molecular weight excluding hydrogens is 362 g/mol. The van der Waals surface area contributed by atoms with Crippen LogP contribution >= 0.6 is 0 Å². The zero-order valence-electron chi connectivity index (χ0n) is 16.2. The largest absolute Gasteiger partial charge is 0.337 e. The molecule has 4 rings (SSSR count). The second-order valence-corrected chi connectivity index (χ2v) is 8.17. The van der Waals surface area contributed by atoms with Crippen LogP contribution in [-0.4, -0.2) is 38.7 Å². The molecule has 1 aromatic carbocycles. The van der Waals surface area contributed by atoms with Gasteiger partial charge in [-0.3, -0.25) is 4.79 Å². The van der Waals surface area contributed by atoms with E-state index in [1.807, 2.05) is 0 Å². The Balaban J connectivity index is 1.66. The first kappa shape index (κ1) is 19.0. The normalized spacial score (nSPS) is 21.4. The van der Waals surface area contributed by atoms with Crippen molar-refractivity contribution < 1.29 is 13.6 Å². The van der Waals surface area contributed by atoms with Crippen LogP contribution in [-0.2, 0) is 6.54 Å². The highest BCUT2D eigenvalue weighted by Gasteiger charge is 2.50. The van der Waals surface area contributed by atoms with Crippen molar-refractivity contribution in [2.45, 2.75) is 57.9 Å². The molecule has 5 nitrogen and oxygen atoms in total. The van der Waals surface area contributed by atoms with Crippen LogP contribution in [0.5, 0.6) is 0 Å². The van der Waals surface area contributed by atoms with Crippen LogP contribution in [0.2, 0.25) is 0 Å². The van der Waals surface area contributed by atoms with Gasteiger partial charge in [0.2, 0.25) is 0 Å².